The zero-order valence-corrected chi connectivity index (χ0v) is 29.3. The molecule has 1 fully saturated rings. The van der Waals surface area contributed by atoms with Crippen LogP contribution in [0.15, 0.2) is 72.8 Å². The number of carbonyl (C=O) groups is 1. The lowest BCUT2D eigenvalue weighted by atomic mass is 9.87. The largest absolute Gasteiger partial charge is 0.494 e. The molecular weight excluding hydrogens is 603 g/mol. The van der Waals surface area contributed by atoms with Crippen LogP contribution >= 0.6 is 11.8 Å². The summed E-state index contributed by atoms with van der Waals surface area (Å²) >= 11 is 1.76. The summed E-state index contributed by atoms with van der Waals surface area (Å²) in [5, 5.41) is 0. The Kier molecular flexibility index (Phi) is 14.1. The van der Waals surface area contributed by atoms with Crippen molar-refractivity contribution >= 4 is 28.8 Å². The number of ether oxygens (including phenoxy) is 3. The third kappa shape index (κ3) is 10.4. The first-order valence-electron chi connectivity index (χ1n) is 17.9. The van der Waals surface area contributed by atoms with Crippen molar-refractivity contribution in [2.24, 2.45) is 0 Å². The highest BCUT2D eigenvalue weighted by Crippen LogP contribution is 2.43. The Bertz CT molecular complexity index is 1420. The van der Waals surface area contributed by atoms with Gasteiger partial charge in [-0.2, -0.15) is 11.8 Å². The SMILES string of the molecule is CCCCN(C)C(=O)CSCCCCCCOc1ccc(C2=C(c3ccccc3)CCCc3c(OC4CCCCO4)cccc32)cc1. The molecular formula is C41H53NO4S. The number of amides is 1. The van der Waals surface area contributed by atoms with Crippen molar-refractivity contribution in [2.45, 2.75) is 90.3 Å². The van der Waals surface area contributed by atoms with E-state index in [-0.39, 0.29) is 12.2 Å². The number of unbranched alkanes of at least 4 members (excludes halogenated alkanes) is 4. The van der Waals surface area contributed by atoms with Crippen molar-refractivity contribution in [3.05, 3.63) is 95.1 Å². The highest BCUT2D eigenvalue weighted by Gasteiger charge is 2.24. The van der Waals surface area contributed by atoms with E-state index in [1.165, 1.54) is 39.8 Å². The lowest BCUT2D eigenvalue weighted by Crippen LogP contribution is -2.29. The molecule has 3 aromatic rings. The number of thioether (sulfide) groups is 1. The fourth-order valence-electron chi connectivity index (χ4n) is 6.46. The highest BCUT2D eigenvalue weighted by atomic mass is 32.2. The van der Waals surface area contributed by atoms with Crippen LogP contribution in [-0.4, -0.2) is 55.4 Å². The molecule has 252 valence electrons. The average Bonchev–Trinajstić information content (AvgIpc) is 3.31. The van der Waals surface area contributed by atoms with E-state index in [1.54, 1.807) is 11.8 Å². The van der Waals surface area contributed by atoms with Gasteiger partial charge in [-0.3, -0.25) is 4.79 Å². The van der Waals surface area contributed by atoms with E-state index in [2.05, 4.69) is 79.7 Å². The second-order valence-corrected chi connectivity index (χ2v) is 13.9. The van der Waals surface area contributed by atoms with E-state index in [4.69, 9.17) is 14.2 Å². The average molecular weight is 656 g/mol. The first-order valence-corrected chi connectivity index (χ1v) is 19.0. The van der Waals surface area contributed by atoms with Crippen LogP contribution in [0.2, 0.25) is 0 Å². The summed E-state index contributed by atoms with van der Waals surface area (Å²) < 4.78 is 18.6. The topological polar surface area (TPSA) is 48.0 Å². The molecule has 1 atom stereocenters. The molecule has 1 aliphatic heterocycles. The lowest BCUT2D eigenvalue weighted by Gasteiger charge is -2.25. The van der Waals surface area contributed by atoms with Crippen molar-refractivity contribution < 1.29 is 19.0 Å². The summed E-state index contributed by atoms with van der Waals surface area (Å²) in [6.07, 6.45) is 12.8. The van der Waals surface area contributed by atoms with Crippen molar-refractivity contribution in [3.8, 4) is 11.5 Å². The molecule has 1 amide bonds. The molecule has 1 aliphatic carbocycles. The van der Waals surface area contributed by atoms with Crippen LogP contribution in [0.1, 0.15) is 99.8 Å². The van der Waals surface area contributed by atoms with Crippen LogP contribution in [-0.2, 0) is 16.0 Å². The summed E-state index contributed by atoms with van der Waals surface area (Å²) in [5.74, 6) is 3.77. The van der Waals surface area contributed by atoms with Crippen LogP contribution in [0.3, 0.4) is 0 Å². The Hall–Kier alpha value is -3.22. The summed E-state index contributed by atoms with van der Waals surface area (Å²) in [7, 11) is 1.92. The van der Waals surface area contributed by atoms with E-state index in [1.807, 2.05) is 11.9 Å². The zero-order chi connectivity index (χ0) is 32.7. The second-order valence-electron chi connectivity index (χ2n) is 12.8. The van der Waals surface area contributed by atoms with Gasteiger partial charge in [0.05, 0.1) is 19.0 Å². The Balaban J connectivity index is 1.18. The fourth-order valence-corrected chi connectivity index (χ4v) is 7.41. The number of carbonyl (C=O) groups excluding carboxylic acids is 1. The van der Waals surface area contributed by atoms with Gasteiger partial charge in [0.15, 0.2) is 6.29 Å². The molecule has 1 saturated heterocycles. The molecule has 1 heterocycles. The Morgan fingerprint density at radius 2 is 1.70 bits per heavy atom. The van der Waals surface area contributed by atoms with Gasteiger partial charge in [0.2, 0.25) is 5.91 Å². The van der Waals surface area contributed by atoms with Gasteiger partial charge in [-0.05, 0) is 103 Å². The van der Waals surface area contributed by atoms with Crippen LogP contribution in [0.4, 0.5) is 0 Å². The van der Waals surface area contributed by atoms with Crippen molar-refractivity contribution in [1.82, 2.24) is 4.90 Å². The van der Waals surface area contributed by atoms with Gasteiger partial charge in [0.25, 0.3) is 0 Å². The van der Waals surface area contributed by atoms with Gasteiger partial charge < -0.3 is 19.1 Å². The van der Waals surface area contributed by atoms with E-state index in [0.717, 1.165) is 108 Å². The summed E-state index contributed by atoms with van der Waals surface area (Å²) in [6.45, 7) is 4.52. The van der Waals surface area contributed by atoms with E-state index < -0.39 is 0 Å². The Morgan fingerprint density at radius 3 is 2.49 bits per heavy atom. The number of hydrogen-bond donors (Lipinski definition) is 0. The molecule has 0 N–H and O–H groups in total. The number of fused-ring (bicyclic) bond motifs is 1. The number of benzene rings is 3. The molecule has 0 radical (unpaired) electrons. The van der Waals surface area contributed by atoms with Gasteiger partial charge in [-0.15, -0.1) is 0 Å². The number of hydrogen-bond acceptors (Lipinski definition) is 5. The van der Waals surface area contributed by atoms with E-state index >= 15 is 0 Å². The summed E-state index contributed by atoms with van der Waals surface area (Å²) in [6, 6.07) is 26.0. The highest BCUT2D eigenvalue weighted by molar-refractivity contribution is 7.99. The van der Waals surface area contributed by atoms with Gasteiger partial charge in [0.1, 0.15) is 11.5 Å². The third-order valence-corrected chi connectivity index (χ3v) is 10.2. The number of rotatable bonds is 17. The zero-order valence-electron chi connectivity index (χ0n) is 28.5. The molecule has 0 aromatic heterocycles. The maximum Gasteiger partial charge on any atom is 0.232 e. The first kappa shape index (κ1) is 35.1. The minimum atomic E-state index is -0.159. The summed E-state index contributed by atoms with van der Waals surface area (Å²) in [4.78, 5) is 14.0. The number of nitrogens with zero attached hydrogens (tertiary/aromatic N) is 1. The van der Waals surface area contributed by atoms with Crippen LogP contribution < -0.4 is 9.47 Å². The van der Waals surface area contributed by atoms with Gasteiger partial charge in [0, 0.05) is 25.6 Å². The van der Waals surface area contributed by atoms with Gasteiger partial charge >= 0.3 is 0 Å². The van der Waals surface area contributed by atoms with E-state index in [0.29, 0.717) is 5.75 Å². The molecule has 0 spiro atoms. The monoisotopic (exact) mass is 655 g/mol. The molecule has 5 nitrogen and oxygen atoms in total. The molecule has 0 bridgehead atoms. The number of allylic oxidation sites excluding steroid dienone is 1. The van der Waals surface area contributed by atoms with Crippen molar-refractivity contribution in [1.29, 1.82) is 0 Å². The maximum atomic E-state index is 12.2. The van der Waals surface area contributed by atoms with Crippen molar-refractivity contribution in [3.63, 3.8) is 0 Å². The van der Waals surface area contributed by atoms with Crippen LogP contribution in [0, 0.1) is 0 Å². The van der Waals surface area contributed by atoms with E-state index in [9.17, 15) is 4.79 Å². The molecule has 5 rings (SSSR count). The molecule has 47 heavy (non-hydrogen) atoms. The quantitative estimate of drug-likeness (QED) is 0.136. The van der Waals surface area contributed by atoms with Gasteiger partial charge in [-0.1, -0.05) is 80.8 Å². The second kappa shape index (κ2) is 18.9. The molecule has 3 aromatic carbocycles. The first-order chi connectivity index (χ1) is 23.1. The lowest BCUT2D eigenvalue weighted by molar-refractivity contribution is -0.127. The predicted molar refractivity (Wildman–Crippen MR) is 196 cm³/mol. The third-order valence-electron chi connectivity index (χ3n) is 9.17. The smallest absolute Gasteiger partial charge is 0.232 e. The van der Waals surface area contributed by atoms with Crippen LogP contribution in [0.5, 0.6) is 11.5 Å². The fraction of sp³-hybridized carbons (Fsp3) is 0.488. The van der Waals surface area contributed by atoms with Crippen molar-refractivity contribution in [2.75, 3.05) is 38.3 Å². The van der Waals surface area contributed by atoms with Gasteiger partial charge in [-0.25, -0.2) is 0 Å². The maximum absolute atomic E-state index is 12.2. The molecule has 6 heteroatoms. The minimum Gasteiger partial charge on any atom is -0.494 e. The minimum absolute atomic E-state index is 0.159. The predicted octanol–water partition coefficient (Wildman–Crippen LogP) is 9.82. The summed E-state index contributed by atoms with van der Waals surface area (Å²) in [5.41, 5.74) is 7.70. The Labute approximate surface area is 287 Å². The Morgan fingerprint density at radius 1 is 0.872 bits per heavy atom. The molecule has 1 unspecified atom stereocenters. The molecule has 2 aliphatic rings. The van der Waals surface area contributed by atoms with Crippen LogP contribution in [0.25, 0.3) is 11.1 Å². The normalized spacial score (nSPS) is 16.3. The standard InChI is InChI=1S/C41H53NO4S/c1-3-4-27-42(2)39(43)31-47-30-13-6-5-11-28-44-34-25-23-33(24-26-34)41-35(32-16-8-7-9-17-32)18-14-19-36-37(41)20-15-21-38(36)46-40-22-10-12-29-45-40/h7-9,15-17,20-21,23-26,40H,3-6,10-14,18-19,22,27-31H2,1-2H3. The molecule has 0 saturated carbocycles.